The Labute approximate surface area is 68.0 Å². The van der Waals surface area contributed by atoms with Gasteiger partial charge in [0.1, 0.15) is 0 Å². The normalized spacial score (nSPS) is 11.6. The van der Waals surface area contributed by atoms with Gasteiger partial charge in [0, 0.05) is 5.69 Å². The van der Waals surface area contributed by atoms with Crippen LogP contribution in [0.25, 0.3) is 0 Å². The van der Waals surface area contributed by atoms with E-state index in [1.54, 1.807) is 6.07 Å². The molecule has 1 rings (SSSR count). The largest absolute Gasteiger partial charge is 0.399 e. The molecule has 66 valence electrons. The van der Waals surface area contributed by atoms with Crippen molar-refractivity contribution in [3.63, 3.8) is 0 Å². The molecule has 4 heteroatoms. The lowest BCUT2D eigenvalue weighted by molar-refractivity contribution is -0.127. The molecule has 0 spiro atoms. The number of nitrogens with two attached hydrogens (primary N) is 1. The van der Waals surface area contributed by atoms with E-state index in [9.17, 15) is 13.2 Å². The summed E-state index contributed by atoms with van der Waals surface area (Å²) in [6, 6.07) is 5.80. The van der Waals surface area contributed by atoms with E-state index in [4.69, 9.17) is 5.73 Å². The fraction of sp³-hybridized carbons (Fsp3) is 0.250. The molecule has 0 aliphatic rings. The van der Waals surface area contributed by atoms with Crippen molar-refractivity contribution in [2.45, 2.75) is 12.6 Å². The molecule has 0 fully saturated rings. The maximum Gasteiger partial charge on any atom is 0.393 e. The van der Waals surface area contributed by atoms with Crippen molar-refractivity contribution in [3.8, 4) is 0 Å². The third kappa shape index (κ3) is 2.82. The van der Waals surface area contributed by atoms with Crippen LogP contribution in [0.4, 0.5) is 18.9 Å². The van der Waals surface area contributed by atoms with Gasteiger partial charge in [-0.2, -0.15) is 13.2 Å². The van der Waals surface area contributed by atoms with Gasteiger partial charge in [-0.05, 0) is 17.7 Å². The van der Waals surface area contributed by atoms with Gasteiger partial charge < -0.3 is 5.73 Å². The average molecular weight is 175 g/mol. The molecule has 0 amide bonds. The Balaban J connectivity index is 2.77. The highest BCUT2D eigenvalue weighted by Crippen LogP contribution is 2.21. The number of nitrogen functional groups attached to an aromatic ring is 1. The summed E-state index contributed by atoms with van der Waals surface area (Å²) in [6.45, 7) is 0. The monoisotopic (exact) mass is 175 g/mol. The van der Waals surface area contributed by atoms with Crippen LogP contribution in [-0.4, -0.2) is 6.18 Å². The molecule has 1 aromatic carbocycles. The van der Waals surface area contributed by atoms with Gasteiger partial charge in [0.15, 0.2) is 0 Å². The summed E-state index contributed by atoms with van der Waals surface area (Å²) in [6.07, 6.45) is -5.08. The molecule has 0 atom stereocenters. The van der Waals surface area contributed by atoms with Gasteiger partial charge in [-0.15, -0.1) is 0 Å². The zero-order valence-electron chi connectivity index (χ0n) is 6.23. The number of anilines is 1. The number of alkyl halides is 3. The molecule has 12 heavy (non-hydrogen) atoms. The van der Waals surface area contributed by atoms with Crippen LogP contribution in [0.1, 0.15) is 5.56 Å². The van der Waals surface area contributed by atoms with Crippen LogP contribution in [0.2, 0.25) is 0 Å². The molecular formula is C8H8F3N. The second-order valence-corrected chi connectivity index (χ2v) is 2.54. The van der Waals surface area contributed by atoms with E-state index in [0.717, 1.165) is 0 Å². The summed E-state index contributed by atoms with van der Waals surface area (Å²) in [5.74, 6) is 0. The second kappa shape index (κ2) is 3.05. The highest BCUT2D eigenvalue weighted by Gasteiger charge is 2.27. The highest BCUT2D eigenvalue weighted by molar-refractivity contribution is 5.40. The molecule has 1 nitrogen and oxygen atoms in total. The van der Waals surface area contributed by atoms with Crippen molar-refractivity contribution in [3.05, 3.63) is 29.8 Å². The minimum absolute atomic E-state index is 0.197. The van der Waals surface area contributed by atoms with Crippen molar-refractivity contribution in [2.24, 2.45) is 0 Å². The van der Waals surface area contributed by atoms with Crippen LogP contribution >= 0.6 is 0 Å². The Hall–Kier alpha value is -1.19. The van der Waals surface area contributed by atoms with Gasteiger partial charge in [-0.3, -0.25) is 0 Å². The Morgan fingerprint density at radius 3 is 2.42 bits per heavy atom. The maximum absolute atomic E-state index is 11.8. The van der Waals surface area contributed by atoms with Gasteiger partial charge in [0.05, 0.1) is 6.42 Å². The van der Waals surface area contributed by atoms with E-state index in [-0.39, 0.29) is 5.56 Å². The lowest BCUT2D eigenvalue weighted by Crippen LogP contribution is -2.11. The Bertz CT molecular complexity index is 267. The molecule has 0 unspecified atom stereocenters. The number of hydrogen-bond acceptors (Lipinski definition) is 1. The van der Waals surface area contributed by atoms with E-state index < -0.39 is 12.6 Å². The lowest BCUT2D eigenvalue weighted by Gasteiger charge is -2.05. The van der Waals surface area contributed by atoms with Crippen LogP contribution in [0.15, 0.2) is 24.3 Å². The van der Waals surface area contributed by atoms with Crippen molar-refractivity contribution >= 4 is 5.69 Å². The predicted octanol–water partition coefficient (Wildman–Crippen LogP) is 2.37. The summed E-state index contributed by atoms with van der Waals surface area (Å²) in [4.78, 5) is 0. The summed E-state index contributed by atoms with van der Waals surface area (Å²) in [5, 5.41) is 0. The smallest absolute Gasteiger partial charge is 0.393 e. The van der Waals surface area contributed by atoms with Gasteiger partial charge in [0.25, 0.3) is 0 Å². The average Bonchev–Trinajstić information content (AvgIpc) is 1.82. The van der Waals surface area contributed by atoms with Crippen molar-refractivity contribution in [2.75, 3.05) is 5.73 Å². The molecule has 0 aliphatic heterocycles. The summed E-state index contributed by atoms with van der Waals surface area (Å²) >= 11 is 0. The highest BCUT2D eigenvalue weighted by atomic mass is 19.4. The van der Waals surface area contributed by atoms with Crippen molar-refractivity contribution in [1.82, 2.24) is 0 Å². The zero-order valence-corrected chi connectivity index (χ0v) is 6.23. The fourth-order valence-electron chi connectivity index (χ4n) is 0.935. The summed E-state index contributed by atoms with van der Waals surface area (Å²) < 4.78 is 35.5. The number of hydrogen-bond donors (Lipinski definition) is 1. The van der Waals surface area contributed by atoms with E-state index in [2.05, 4.69) is 0 Å². The minimum atomic E-state index is -4.16. The molecule has 0 bridgehead atoms. The first kappa shape index (κ1) is 8.90. The fourth-order valence-corrected chi connectivity index (χ4v) is 0.935. The molecule has 0 saturated carbocycles. The summed E-state index contributed by atoms with van der Waals surface area (Å²) in [5.41, 5.74) is 5.86. The Morgan fingerprint density at radius 2 is 1.92 bits per heavy atom. The van der Waals surface area contributed by atoms with Gasteiger partial charge in [0.2, 0.25) is 0 Å². The molecule has 2 N–H and O–H groups in total. The second-order valence-electron chi connectivity index (χ2n) is 2.54. The Morgan fingerprint density at radius 1 is 1.25 bits per heavy atom. The van der Waals surface area contributed by atoms with Crippen LogP contribution in [0.3, 0.4) is 0 Å². The molecule has 0 saturated heterocycles. The third-order valence-electron chi connectivity index (χ3n) is 1.36. The molecular weight excluding hydrogens is 167 g/mol. The van der Waals surface area contributed by atoms with Gasteiger partial charge >= 0.3 is 6.18 Å². The lowest BCUT2D eigenvalue weighted by atomic mass is 10.1. The van der Waals surface area contributed by atoms with E-state index in [1.807, 2.05) is 0 Å². The maximum atomic E-state index is 11.8. The van der Waals surface area contributed by atoms with E-state index in [1.165, 1.54) is 18.2 Å². The number of benzene rings is 1. The summed E-state index contributed by atoms with van der Waals surface area (Å²) in [7, 11) is 0. The molecule has 0 aliphatic carbocycles. The standard InChI is InChI=1S/C8H8F3N/c9-8(10,11)5-6-2-1-3-7(12)4-6/h1-4H,5,12H2. The zero-order chi connectivity index (χ0) is 9.19. The molecule has 0 aromatic heterocycles. The van der Waals surface area contributed by atoms with E-state index in [0.29, 0.717) is 5.69 Å². The molecule has 1 aromatic rings. The van der Waals surface area contributed by atoms with Gasteiger partial charge in [-0.25, -0.2) is 0 Å². The third-order valence-corrected chi connectivity index (χ3v) is 1.36. The number of halogens is 3. The van der Waals surface area contributed by atoms with Gasteiger partial charge in [-0.1, -0.05) is 12.1 Å². The van der Waals surface area contributed by atoms with Crippen LogP contribution in [-0.2, 0) is 6.42 Å². The first-order valence-electron chi connectivity index (χ1n) is 3.38. The first-order valence-corrected chi connectivity index (χ1v) is 3.38. The van der Waals surface area contributed by atoms with E-state index >= 15 is 0 Å². The first-order chi connectivity index (χ1) is 5.47. The number of rotatable bonds is 1. The van der Waals surface area contributed by atoms with Crippen LogP contribution in [0.5, 0.6) is 0 Å². The predicted molar refractivity (Wildman–Crippen MR) is 40.6 cm³/mol. The molecule has 0 radical (unpaired) electrons. The topological polar surface area (TPSA) is 26.0 Å². The minimum Gasteiger partial charge on any atom is -0.399 e. The van der Waals surface area contributed by atoms with Crippen molar-refractivity contribution < 1.29 is 13.2 Å². The SMILES string of the molecule is Nc1cccc(CC(F)(F)F)c1. The van der Waals surface area contributed by atoms with Crippen molar-refractivity contribution in [1.29, 1.82) is 0 Å². The Kier molecular flexibility index (Phi) is 2.26. The quantitative estimate of drug-likeness (QED) is 0.651. The molecule has 0 heterocycles. The van der Waals surface area contributed by atoms with Crippen LogP contribution in [0, 0.1) is 0 Å². The van der Waals surface area contributed by atoms with Crippen LogP contribution < -0.4 is 5.73 Å².